The van der Waals surface area contributed by atoms with E-state index < -0.39 is 17.0 Å². The van der Waals surface area contributed by atoms with Crippen molar-refractivity contribution in [1.29, 1.82) is 5.41 Å². The molecule has 0 radical (unpaired) electrons. The summed E-state index contributed by atoms with van der Waals surface area (Å²) in [6.07, 6.45) is 0.614. The van der Waals surface area contributed by atoms with Gasteiger partial charge in [0.15, 0.2) is 0 Å². The van der Waals surface area contributed by atoms with Gasteiger partial charge in [-0.15, -0.1) is 0 Å². The van der Waals surface area contributed by atoms with Crippen LogP contribution in [0.3, 0.4) is 0 Å². The van der Waals surface area contributed by atoms with Gasteiger partial charge < -0.3 is 5.73 Å². The lowest BCUT2D eigenvalue weighted by Crippen LogP contribution is -2.30. The van der Waals surface area contributed by atoms with E-state index in [1.165, 1.54) is 0 Å². The summed E-state index contributed by atoms with van der Waals surface area (Å²) in [5, 5.41) is 7.48. The molecule has 1 aliphatic rings. The Balaban J connectivity index is 2.54. The molecule has 0 bridgehead atoms. The molecule has 1 aromatic rings. The second-order valence-corrected chi connectivity index (χ2v) is 4.11. The lowest BCUT2D eigenvalue weighted by Gasteiger charge is -2.16. The number of hydrogen-bond acceptors (Lipinski definition) is 1. The smallest absolute Gasteiger partial charge is 0.127 e. The summed E-state index contributed by atoms with van der Waals surface area (Å²) in [6.45, 7) is 1.88. The Bertz CT molecular complexity index is 431. The zero-order valence-corrected chi connectivity index (χ0v) is 8.35. The summed E-state index contributed by atoms with van der Waals surface area (Å²) >= 11 is 0. The third-order valence-electron chi connectivity index (χ3n) is 3.20. The van der Waals surface area contributed by atoms with Gasteiger partial charge in [0.05, 0.1) is 5.41 Å². The molecule has 0 amide bonds. The Morgan fingerprint density at radius 3 is 2.60 bits per heavy atom. The summed E-state index contributed by atoms with van der Waals surface area (Å²) in [5.74, 6) is -0.965. The monoisotopic (exact) mass is 210 g/mol. The first-order valence-electron chi connectivity index (χ1n) is 4.78. The second kappa shape index (κ2) is 3.02. The van der Waals surface area contributed by atoms with Crippen molar-refractivity contribution in [3.05, 3.63) is 35.4 Å². The van der Waals surface area contributed by atoms with Crippen LogP contribution in [0, 0.1) is 23.0 Å². The number of halogens is 2. The summed E-state index contributed by atoms with van der Waals surface area (Å²) < 4.78 is 26.5. The molecule has 1 saturated carbocycles. The maximum atomic E-state index is 13.5. The molecule has 2 rings (SSSR count). The van der Waals surface area contributed by atoms with Crippen LogP contribution in [0.15, 0.2) is 18.2 Å². The number of nitrogens with two attached hydrogens (primary N) is 1. The van der Waals surface area contributed by atoms with Crippen LogP contribution in [-0.4, -0.2) is 5.84 Å². The Morgan fingerprint density at radius 1 is 1.53 bits per heavy atom. The molecule has 2 atom stereocenters. The van der Waals surface area contributed by atoms with Crippen molar-refractivity contribution in [3.63, 3.8) is 0 Å². The van der Waals surface area contributed by atoms with Gasteiger partial charge in [0, 0.05) is 5.56 Å². The Kier molecular flexibility index (Phi) is 2.03. The lowest BCUT2D eigenvalue weighted by atomic mass is 9.92. The van der Waals surface area contributed by atoms with Gasteiger partial charge in [0.2, 0.25) is 0 Å². The van der Waals surface area contributed by atoms with Crippen LogP contribution in [0.5, 0.6) is 0 Å². The van der Waals surface area contributed by atoms with Gasteiger partial charge in [-0.2, -0.15) is 0 Å². The molecule has 2 nitrogen and oxygen atoms in total. The van der Waals surface area contributed by atoms with Gasteiger partial charge in [0.25, 0.3) is 0 Å². The van der Waals surface area contributed by atoms with Crippen molar-refractivity contribution < 1.29 is 8.78 Å². The Morgan fingerprint density at radius 2 is 2.13 bits per heavy atom. The van der Waals surface area contributed by atoms with E-state index in [0.29, 0.717) is 6.42 Å². The van der Waals surface area contributed by atoms with Gasteiger partial charge in [-0.25, -0.2) is 8.78 Å². The molecule has 1 aromatic carbocycles. The van der Waals surface area contributed by atoms with Gasteiger partial charge in [-0.1, -0.05) is 6.92 Å². The van der Waals surface area contributed by atoms with E-state index in [2.05, 4.69) is 0 Å². The summed E-state index contributed by atoms with van der Waals surface area (Å²) in [6, 6.07) is 3.29. The number of rotatable bonds is 2. The van der Waals surface area contributed by atoms with Gasteiger partial charge >= 0.3 is 0 Å². The van der Waals surface area contributed by atoms with E-state index in [4.69, 9.17) is 11.1 Å². The average molecular weight is 210 g/mol. The molecule has 0 saturated heterocycles. The number of amidine groups is 1. The maximum Gasteiger partial charge on any atom is 0.127 e. The first kappa shape index (κ1) is 10.1. The number of hydrogen-bond donors (Lipinski definition) is 2. The molecule has 2 unspecified atom stereocenters. The van der Waals surface area contributed by atoms with Crippen molar-refractivity contribution in [2.75, 3.05) is 0 Å². The Hall–Kier alpha value is -1.45. The number of nitrogens with one attached hydrogen (secondary N) is 1. The van der Waals surface area contributed by atoms with E-state index in [1.807, 2.05) is 6.92 Å². The molecule has 0 aliphatic heterocycles. The zero-order valence-electron chi connectivity index (χ0n) is 8.35. The van der Waals surface area contributed by atoms with E-state index in [9.17, 15) is 8.78 Å². The Labute approximate surface area is 86.6 Å². The fourth-order valence-electron chi connectivity index (χ4n) is 2.16. The van der Waals surface area contributed by atoms with Crippen LogP contribution in [0.1, 0.15) is 18.9 Å². The van der Waals surface area contributed by atoms with E-state index >= 15 is 0 Å². The van der Waals surface area contributed by atoms with Crippen molar-refractivity contribution in [1.82, 2.24) is 0 Å². The SMILES string of the molecule is CC1CC1(C(=N)N)c1cc(F)ccc1F. The molecular weight excluding hydrogens is 198 g/mol. The standard InChI is InChI=1S/C11H12F2N2/c1-6-5-11(6,10(14)15)8-4-7(12)2-3-9(8)13/h2-4,6H,5H2,1H3,(H3,14,15). The summed E-state index contributed by atoms with van der Waals surface area (Å²) in [5.41, 5.74) is 4.91. The van der Waals surface area contributed by atoms with Crippen LogP contribution in [0.2, 0.25) is 0 Å². The fourth-order valence-corrected chi connectivity index (χ4v) is 2.16. The summed E-state index contributed by atoms with van der Waals surface area (Å²) in [7, 11) is 0. The molecular formula is C11H12F2N2. The quantitative estimate of drug-likeness (QED) is 0.570. The molecule has 15 heavy (non-hydrogen) atoms. The zero-order chi connectivity index (χ0) is 11.2. The van der Waals surface area contributed by atoms with Gasteiger partial charge in [-0.3, -0.25) is 5.41 Å². The molecule has 1 fully saturated rings. The van der Waals surface area contributed by atoms with Crippen molar-refractivity contribution in [2.45, 2.75) is 18.8 Å². The minimum Gasteiger partial charge on any atom is -0.387 e. The van der Waals surface area contributed by atoms with E-state index in [1.54, 1.807) is 0 Å². The van der Waals surface area contributed by atoms with Crippen LogP contribution < -0.4 is 5.73 Å². The molecule has 0 heterocycles. The minimum atomic E-state index is -0.772. The van der Waals surface area contributed by atoms with E-state index in [-0.39, 0.29) is 17.3 Å². The predicted molar refractivity (Wildman–Crippen MR) is 53.7 cm³/mol. The van der Waals surface area contributed by atoms with Crippen LogP contribution >= 0.6 is 0 Å². The second-order valence-electron chi connectivity index (χ2n) is 4.11. The van der Waals surface area contributed by atoms with Crippen LogP contribution in [0.4, 0.5) is 8.78 Å². The van der Waals surface area contributed by atoms with Gasteiger partial charge in [-0.05, 0) is 30.5 Å². The molecule has 0 aromatic heterocycles. The molecule has 80 valence electrons. The lowest BCUT2D eigenvalue weighted by molar-refractivity contribution is 0.572. The van der Waals surface area contributed by atoms with Gasteiger partial charge in [0.1, 0.15) is 17.5 Å². The first-order chi connectivity index (χ1) is 6.98. The third-order valence-corrected chi connectivity index (χ3v) is 3.20. The highest BCUT2D eigenvalue weighted by molar-refractivity contribution is 5.92. The average Bonchev–Trinajstić information content (AvgIpc) is 2.83. The fraction of sp³-hybridized carbons (Fsp3) is 0.364. The minimum absolute atomic E-state index is 0.0838. The number of benzene rings is 1. The first-order valence-corrected chi connectivity index (χ1v) is 4.78. The molecule has 0 spiro atoms. The highest BCUT2D eigenvalue weighted by Gasteiger charge is 2.56. The third kappa shape index (κ3) is 1.32. The van der Waals surface area contributed by atoms with Crippen molar-refractivity contribution in [2.24, 2.45) is 11.7 Å². The largest absolute Gasteiger partial charge is 0.387 e. The topological polar surface area (TPSA) is 49.9 Å². The van der Waals surface area contributed by atoms with Crippen LogP contribution in [-0.2, 0) is 5.41 Å². The van der Waals surface area contributed by atoms with Crippen LogP contribution in [0.25, 0.3) is 0 Å². The predicted octanol–water partition coefficient (Wildman–Crippen LogP) is 2.18. The van der Waals surface area contributed by atoms with Crippen molar-refractivity contribution in [3.8, 4) is 0 Å². The normalized spacial score (nSPS) is 28.9. The molecule has 3 N–H and O–H groups in total. The molecule has 1 aliphatic carbocycles. The highest BCUT2D eigenvalue weighted by atomic mass is 19.1. The maximum absolute atomic E-state index is 13.5. The summed E-state index contributed by atoms with van der Waals surface area (Å²) in [4.78, 5) is 0. The molecule has 4 heteroatoms. The van der Waals surface area contributed by atoms with E-state index in [0.717, 1.165) is 18.2 Å². The van der Waals surface area contributed by atoms with Crippen molar-refractivity contribution >= 4 is 5.84 Å². The highest BCUT2D eigenvalue weighted by Crippen LogP contribution is 2.54.